The highest BCUT2D eigenvalue weighted by molar-refractivity contribution is 5.31. The van der Waals surface area contributed by atoms with Gasteiger partial charge in [-0.05, 0) is 41.7 Å². The second-order valence-corrected chi connectivity index (χ2v) is 3.01. The Hall–Kier alpha value is -1.82. The van der Waals surface area contributed by atoms with Gasteiger partial charge in [-0.25, -0.2) is 4.39 Å². The van der Waals surface area contributed by atoms with Crippen molar-refractivity contribution in [1.82, 2.24) is 25.5 Å². The van der Waals surface area contributed by atoms with Crippen molar-refractivity contribution in [3.8, 4) is 5.69 Å². The number of halogens is 1. The molecule has 6 heteroatoms. The summed E-state index contributed by atoms with van der Waals surface area (Å²) in [6, 6.07) is 6.01. The number of nitrogens with zero attached hydrogens (tertiary/aromatic N) is 4. The highest BCUT2D eigenvalue weighted by atomic mass is 19.1. The average molecular weight is 207 g/mol. The number of rotatable bonds is 3. The van der Waals surface area contributed by atoms with Gasteiger partial charge >= 0.3 is 0 Å². The van der Waals surface area contributed by atoms with Crippen LogP contribution in [0.25, 0.3) is 5.69 Å². The predicted octanol–water partition coefficient (Wildman–Crippen LogP) is 0.521. The van der Waals surface area contributed by atoms with Crippen molar-refractivity contribution in [3.05, 3.63) is 35.9 Å². The lowest BCUT2D eigenvalue weighted by atomic mass is 10.3. The van der Waals surface area contributed by atoms with Crippen molar-refractivity contribution < 1.29 is 4.39 Å². The van der Waals surface area contributed by atoms with Crippen LogP contribution in [-0.4, -0.2) is 27.3 Å². The monoisotopic (exact) mass is 207 g/mol. The topological polar surface area (TPSA) is 55.6 Å². The van der Waals surface area contributed by atoms with Gasteiger partial charge in [0.15, 0.2) is 5.82 Å². The molecule has 0 amide bonds. The molecular formula is C9H10FN5. The van der Waals surface area contributed by atoms with Crippen LogP contribution >= 0.6 is 0 Å². The van der Waals surface area contributed by atoms with E-state index >= 15 is 0 Å². The molecule has 0 aliphatic heterocycles. The van der Waals surface area contributed by atoms with Gasteiger partial charge in [0, 0.05) is 0 Å². The fourth-order valence-corrected chi connectivity index (χ4v) is 1.26. The molecule has 0 atom stereocenters. The molecule has 1 N–H and O–H groups in total. The SMILES string of the molecule is CNCc1nnnn1-c1ccc(F)cc1. The molecule has 15 heavy (non-hydrogen) atoms. The van der Waals surface area contributed by atoms with Gasteiger partial charge in [-0.1, -0.05) is 0 Å². The molecule has 0 saturated heterocycles. The Morgan fingerprint density at radius 3 is 2.73 bits per heavy atom. The summed E-state index contributed by atoms with van der Waals surface area (Å²) in [6.07, 6.45) is 0. The van der Waals surface area contributed by atoms with Crippen LogP contribution in [0.15, 0.2) is 24.3 Å². The number of aromatic nitrogens is 4. The molecule has 1 heterocycles. The Bertz CT molecular complexity index is 436. The Balaban J connectivity index is 2.36. The number of tetrazole rings is 1. The lowest BCUT2D eigenvalue weighted by molar-refractivity contribution is 0.626. The predicted molar refractivity (Wildman–Crippen MR) is 51.9 cm³/mol. The molecule has 0 aliphatic carbocycles. The highest BCUT2D eigenvalue weighted by Gasteiger charge is 2.06. The van der Waals surface area contributed by atoms with Gasteiger partial charge in [-0.15, -0.1) is 5.10 Å². The summed E-state index contributed by atoms with van der Waals surface area (Å²) in [4.78, 5) is 0. The van der Waals surface area contributed by atoms with Crippen LogP contribution < -0.4 is 5.32 Å². The van der Waals surface area contributed by atoms with E-state index in [0.29, 0.717) is 12.4 Å². The Kier molecular flexibility index (Phi) is 2.68. The molecule has 5 nitrogen and oxygen atoms in total. The lowest BCUT2D eigenvalue weighted by Crippen LogP contribution is -2.12. The van der Waals surface area contributed by atoms with E-state index in [4.69, 9.17) is 0 Å². The summed E-state index contributed by atoms with van der Waals surface area (Å²) in [7, 11) is 1.81. The van der Waals surface area contributed by atoms with Crippen LogP contribution in [0, 0.1) is 5.82 Å². The molecule has 0 radical (unpaired) electrons. The van der Waals surface area contributed by atoms with Crippen molar-refractivity contribution in [1.29, 1.82) is 0 Å². The number of hydrogen-bond donors (Lipinski definition) is 1. The molecule has 0 fully saturated rings. The van der Waals surface area contributed by atoms with Gasteiger partial charge in [0.25, 0.3) is 0 Å². The van der Waals surface area contributed by atoms with Crippen LogP contribution in [0.2, 0.25) is 0 Å². The maximum absolute atomic E-state index is 12.7. The molecule has 1 aromatic carbocycles. The second kappa shape index (κ2) is 4.14. The largest absolute Gasteiger partial charge is 0.313 e. The molecular weight excluding hydrogens is 197 g/mol. The van der Waals surface area contributed by atoms with Gasteiger partial charge in [-0.3, -0.25) is 0 Å². The molecule has 0 aliphatic rings. The van der Waals surface area contributed by atoms with Crippen molar-refractivity contribution in [2.75, 3.05) is 7.05 Å². The van der Waals surface area contributed by atoms with Gasteiger partial charge in [-0.2, -0.15) is 4.68 Å². The lowest BCUT2D eigenvalue weighted by Gasteiger charge is -2.03. The first-order valence-electron chi connectivity index (χ1n) is 4.49. The third kappa shape index (κ3) is 1.99. The first-order chi connectivity index (χ1) is 7.31. The van der Waals surface area contributed by atoms with E-state index in [1.165, 1.54) is 12.1 Å². The normalized spacial score (nSPS) is 10.5. The third-order valence-electron chi connectivity index (χ3n) is 1.94. The van der Waals surface area contributed by atoms with E-state index in [-0.39, 0.29) is 5.82 Å². The van der Waals surface area contributed by atoms with Crippen LogP contribution in [0.3, 0.4) is 0 Å². The van der Waals surface area contributed by atoms with Crippen molar-refractivity contribution in [2.45, 2.75) is 6.54 Å². The van der Waals surface area contributed by atoms with Crippen LogP contribution in [0.4, 0.5) is 4.39 Å². The molecule has 0 bridgehead atoms. The van der Waals surface area contributed by atoms with Crippen LogP contribution in [-0.2, 0) is 6.54 Å². The maximum atomic E-state index is 12.7. The van der Waals surface area contributed by atoms with Crippen LogP contribution in [0.1, 0.15) is 5.82 Å². The fraction of sp³-hybridized carbons (Fsp3) is 0.222. The van der Waals surface area contributed by atoms with Gasteiger partial charge in [0.05, 0.1) is 12.2 Å². The third-order valence-corrected chi connectivity index (χ3v) is 1.94. The van der Waals surface area contributed by atoms with E-state index in [2.05, 4.69) is 20.8 Å². The molecule has 0 saturated carbocycles. The number of nitrogens with one attached hydrogen (secondary N) is 1. The number of hydrogen-bond acceptors (Lipinski definition) is 4. The van der Waals surface area contributed by atoms with Gasteiger partial charge in [0.2, 0.25) is 0 Å². The summed E-state index contributed by atoms with van der Waals surface area (Å²) < 4.78 is 14.3. The standard InChI is InChI=1S/C9H10FN5/c1-11-6-9-12-13-14-15(9)8-4-2-7(10)3-5-8/h2-5,11H,6H2,1H3. The van der Waals surface area contributed by atoms with E-state index < -0.39 is 0 Å². The zero-order chi connectivity index (χ0) is 10.7. The quantitative estimate of drug-likeness (QED) is 0.797. The van der Waals surface area contributed by atoms with E-state index in [1.807, 2.05) is 7.05 Å². The highest BCUT2D eigenvalue weighted by Crippen LogP contribution is 2.08. The molecule has 2 rings (SSSR count). The minimum absolute atomic E-state index is 0.276. The summed E-state index contributed by atoms with van der Waals surface area (Å²) in [6.45, 7) is 0.560. The molecule has 2 aromatic rings. The molecule has 0 unspecified atom stereocenters. The second-order valence-electron chi connectivity index (χ2n) is 3.01. The minimum Gasteiger partial charge on any atom is -0.313 e. The summed E-state index contributed by atoms with van der Waals surface area (Å²) in [5, 5.41) is 14.2. The Morgan fingerprint density at radius 2 is 2.07 bits per heavy atom. The minimum atomic E-state index is -0.276. The molecule has 1 aromatic heterocycles. The molecule has 0 spiro atoms. The summed E-state index contributed by atoms with van der Waals surface area (Å²) in [5.74, 6) is 0.408. The first kappa shape index (κ1) is 9.72. The fourth-order valence-electron chi connectivity index (χ4n) is 1.26. The summed E-state index contributed by atoms with van der Waals surface area (Å²) in [5.41, 5.74) is 0.742. The summed E-state index contributed by atoms with van der Waals surface area (Å²) >= 11 is 0. The number of benzene rings is 1. The van der Waals surface area contributed by atoms with Gasteiger partial charge in [0.1, 0.15) is 5.82 Å². The smallest absolute Gasteiger partial charge is 0.170 e. The van der Waals surface area contributed by atoms with E-state index in [9.17, 15) is 4.39 Å². The first-order valence-corrected chi connectivity index (χ1v) is 4.49. The van der Waals surface area contributed by atoms with Crippen molar-refractivity contribution >= 4 is 0 Å². The van der Waals surface area contributed by atoms with Crippen LogP contribution in [0.5, 0.6) is 0 Å². The molecule has 78 valence electrons. The van der Waals surface area contributed by atoms with Crippen molar-refractivity contribution in [2.24, 2.45) is 0 Å². The van der Waals surface area contributed by atoms with Gasteiger partial charge < -0.3 is 5.32 Å². The average Bonchev–Trinajstić information content (AvgIpc) is 2.68. The zero-order valence-electron chi connectivity index (χ0n) is 8.18. The maximum Gasteiger partial charge on any atom is 0.170 e. The van der Waals surface area contributed by atoms with E-state index in [1.54, 1.807) is 16.8 Å². The Morgan fingerprint density at radius 1 is 1.33 bits per heavy atom. The zero-order valence-corrected chi connectivity index (χ0v) is 8.18. The Labute approximate surface area is 85.9 Å². The van der Waals surface area contributed by atoms with E-state index in [0.717, 1.165) is 5.69 Å². The van der Waals surface area contributed by atoms with Crippen molar-refractivity contribution in [3.63, 3.8) is 0 Å².